The summed E-state index contributed by atoms with van der Waals surface area (Å²) >= 11 is 0. The fraction of sp³-hybridized carbons (Fsp3) is 1.00. The van der Waals surface area contributed by atoms with Gasteiger partial charge >= 0.3 is 0 Å². The van der Waals surface area contributed by atoms with Crippen LogP contribution in [0.15, 0.2) is 0 Å². The van der Waals surface area contributed by atoms with Crippen LogP contribution in [0.2, 0.25) is 0 Å². The van der Waals surface area contributed by atoms with E-state index in [1.54, 1.807) is 0 Å². The Bertz CT molecular complexity index is 209. The summed E-state index contributed by atoms with van der Waals surface area (Å²) < 4.78 is 0. The second-order valence-corrected chi connectivity index (χ2v) is 5.88. The van der Waals surface area contributed by atoms with Gasteiger partial charge in [0.05, 0.1) is 0 Å². The topological polar surface area (TPSA) is 29.3 Å². The Morgan fingerprint density at radius 3 is 2.67 bits per heavy atom. The van der Waals surface area contributed by atoms with Crippen LogP contribution in [-0.4, -0.2) is 29.1 Å². The van der Waals surface area contributed by atoms with Gasteiger partial charge in [-0.2, -0.15) is 0 Å². The van der Waals surface area contributed by atoms with E-state index in [4.69, 9.17) is 5.73 Å². The van der Waals surface area contributed by atoms with E-state index in [0.29, 0.717) is 6.04 Å². The van der Waals surface area contributed by atoms with Crippen molar-refractivity contribution in [1.82, 2.24) is 4.90 Å². The van der Waals surface area contributed by atoms with Gasteiger partial charge in [-0.25, -0.2) is 0 Å². The molecule has 15 heavy (non-hydrogen) atoms. The molecule has 0 radical (unpaired) electrons. The zero-order valence-corrected chi connectivity index (χ0v) is 10.3. The third kappa shape index (κ3) is 2.94. The predicted molar refractivity (Wildman–Crippen MR) is 64.9 cm³/mol. The standard InChI is InChI=1S/C13H26N2/c1-11(2)15-10-4-3-5-12(15)6-7-13(14)8-9-13/h11-12H,3-10,14H2,1-2H3. The molecule has 1 saturated heterocycles. The first-order valence-corrected chi connectivity index (χ1v) is 6.65. The van der Waals surface area contributed by atoms with Crippen molar-refractivity contribution in [2.45, 2.75) is 76.4 Å². The highest BCUT2D eigenvalue weighted by Gasteiger charge is 2.38. The monoisotopic (exact) mass is 210 g/mol. The molecule has 0 aromatic carbocycles. The number of hydrogen-bond donors (Lipinski definition) is 1. The van der Waals surface area contributed by atoms with Crippen molar-refractivity contribution in [3.63, 3.8) is 0 Å². The molecule has 1 saturated carbocycles. The quantitative estimate of drug-likeness (QED) is 0.772. The number of nitrogens with zero attached hydrogens (tertiary/aromatic N) is 1. The third-order valence-electron chi connectivity index (χ3n) is 4.20. The largest absolute Gasteiger partial charge is 0.325 e. The first-order chi connectivity index (χ1) is 7.11. The molecule has 1 unspecified atom stereocenters. The molecule has 1 aliphatic heterocycles. The molecule has 0 bridgehead atoms. The van der Waals surface area contributed by atoms with E-state index >= 15 is 0 Å². The van der Waals surface area contributed by atoms with Crippen molar-refractivity contribution in [2.24, 2.45) is 5.73 Å². The minimum Gasteiger partial charge on any atom is -0.325 e. The molecule has 2 aliphatic rings. The van der Waals surface area contributed by atoms with Gasteiger partial charge in [0.15, 0.2) is 0 Å². The van der Waals surface area contributed by atoms with Gasteiger partial charge in [0.2, 0.25) is 0 Å². The second-order valence-electron chi connectivity index (χ2n) is 5.88. The highest BCUT2D eigenvalue weighted by Crippen LogP contribution is 2.38. The average molecular weight is 210 g/mol. The molecule has 2 heteroatoms. The van der Waals surface area contributed by atoms with Gasteiger partial charge < -0.3 is 5.73 Å². The van der Waals surface area contributed by atoms with E-state index in [2.05, 4.69) is 18.7 Å². The summed E-state index contributed by atoms with van der Waals surface area (Å²) in [4.78, 5) is 2.69. The number of piperidine rings is 1. The molecular weight excluding hydrogens is 184 g/mol. The average Bonchev–Trinajstić information content (AvgIpc) is 2.95. The van der Waals surface area contributed by atoms with Crippen LogP contribution < -0.4 is 5.73 Å². The van der Waals surface area contributed by atoms with Crippen molar-refractivity contribution < 1.29 is 0 Å². The summed E-state index contributed by atoms with van der Waals surface area (Å²) in [7, 11) is 0. The lowest BCUT2D eigenvalue weighted by atomic mass is 9.94. The van der Waals surface area contributed by atoms with Crippen LogP contribution in [0.1, 0.15) is 58.8 Å². The first-order valence-electron chi connectivity index (χ1n) is 6.65. The van der Waals surface area contributed by atoms with Crippen molar-refractivity contribution in [1.29, 1.82) is 0 Å². The van der Waals surface area contributed by atoms with Crippen molar-refractivity contribution in [3.05, 3.63) is 0 Å². The van der Waals surface area contributed by atoms with Crippen LogP contribution in [-0.2, 0) is 0 Å². The molecule has 0 amide bonds. The van der Waals surface area contributed by atoms with E-state index in [-0.39, 0.29) is 5.54 Å². The van der Waals surface area contributed by atoms with Crippen molar-refractivity contribution >= 4 is 0 Å². The van der Waals surface area contributed by atoms with Crippen LogP contribution in [0.25, 0.3) is 0 Å². The third-order valence-corrected chi connectivity index (χ3v) is 4.20. The Labute approximate surface area is 94.2 Å². The summed E-state index contributed by atoms with van der Waals surface area (Å²) in [6, 6.07) is 1.53. The normalized spacial score (nSPS) is 30.8. The Kier molecular flexibility index (Phi) is 3.36. The number of rotatable bonds is 4. The lowest BCUT2D eigenvalue weighted by Gasteiger charge is -2.39. The van der Waals surface area contributed by atoms with E-state index in [9.17, 15) is 0 Å². The van der Waals surface area contributed by atoms with E-state index < -0.39 is 0 Å². The number of nitrogens with two attached hydrogens (primary N) is 1. The molecule has 0 spiro atoms. The smallest absolute Gasteiger partial charge is 0.0156 e. The molecule has 2 fully saturated rings. The van der Waals surface area contributed by atoms with Crippen molar-refractivity contribution in [3.8, 4) is 0 Å². The molecule has 1 atom stereocenters. The Balaban J connectivity index is 1.81. The molecule has 1 aliphatic carbocycles. The summed E-state index contributed by atoms with van der Waals surface area (Å²) in [5.41, 5.74) is 6.42. The number of hydrogen-bond acceptors (Lipinski definition) is 2. The molecule has 1 heterocycles. The highest BCUT2D eigenvalue weighted by molar-refractivity contribution is 4.99. The fourth-order valence-corrected chi connectivity index (χ4v) is 2.88. The van der Waals surface area contributed by atoms with E-state index in [1.807, 2.05) is 0 Å². The van der Waals surface area contributed by atoms with Crippen molar-refractivity contribution in [2.75, 3.05) is 6.54 Å². The predicted octanol–water partition coefficient (Wildman–Crippen LogP) is 2.52. The Morgan fingerprint density at radius 1 is 1.33 bits per heavy atom. The van der Waals surface area contributed by atoms with Gasteiger partial charge in [0.25, 0.3) is 0 Å². The molecule has 0 aromatic rings. The molecule has 2 N–H and O–H groups in total. The lowest BCUT2D eigenvalue weighted by molar-refractivity contribution is 0.102. The molecular formula is C13H26N2. The fourth-order valence-electron chi connectivity index (χ4n) is 2.88. The Morgan fingerprint density at radius 2 is 2.07 bits per heavy atom. The van der Waals surface area contributed by atoms with Crippen LogP contribution in [0.3, 0.4) is 0 Å². The maximum atomic E-state index is 6.17. The summed E-state index contributed by atoms with van der Waals surface area (Å²) in [5, 5.41) is 0. The maximum Gasteiger partial charge on any atom is 0.0156 e. The molecule has 2 rings (SSSR count). The minimum atomic E-state index is 0.250. The summed E-state index contributed by atoms with van der Waals surface area (Å²) in [6.45, 7) is 5.96. The zero-order valence-electron chi connectivity index (χ0n) is 10.3. The number of likely N-dealkylation sites (tertiary alicyclic amines) is 1. The maximum absolute atomic E-state index is 6.17. The van der Waals surface area contributed by atoms with Crippen LogP contribution in [0.5, 0.6) is 0 Å². The van der Waals surface area contributed by atoms with Gasteiger partial charge in [-0.1, -0.05) is 6.42 Å². The van der Waals surface area contributed by atoms with E-state index in [0.717, 1.165) is 6.04 Å². The molecule has 88 valence electrons. The van der Waals surface area contributed by atoms with Gasteiger partial charge in [-0.15, -0.1) is 0 Å². The van der Waals surface area contributed by atoms with Gasteiger partial charge in [-0.05, 0) is 58.9 Å². The summed E-state index contributed by atoms with van der Waals surface area (Å²) in [6.07, 6.45) is 9.32. The zero-order chi connectivity index (χ0) is 10.9. The Hall–Kier alpha value is -0.0800. The van der Waals surface area contributed by atoms with Crippen LogP contribution in [0, 0.1) is 0 Å². The van der Waals surface area contributed by atoms with Crippen LogP contribution in [0.4, 0.5) is 0 Å². The highest BCUT2D eigenvalue weighted by atomic mass is 15.2. The van der Waals surface area contributed by atoms with Crippen LogP contribution >= 0.6 is 0 Å². The molecule has 0 aromatic heterocycles. The van der Waals surface area contributed by atoms with Gasteiger partial charge in [-0.3, -0.25) is 4.90 Å². The van der Waals surface area contributed by atoms with E-state index in [1.165, 1.54) is 51.5 Å². The molecule has 2 nitrogen and oxygen atoms in total. The first kappa shape index (κ1) is 11.4. The van der Waals surface area contributed by atoms with Gasteiger partial charge in [0, 0.05) is 17.6 Å². The second kappa shape index (κ2) is 4.42. The lowest BCUT2D eigenvalue weighted by Crippen LogP contribution is -2.44. The summed E-state index contributed by atoms with van der Waals surface area (Å²) in [5.74, 6) is 0. The van der Waals surface area contributed by atoms with Gasteiger partial charge in [0.1, 0.15) is 0 Å². The SMILES string of the molecule is CC(C)N1CCCCC1CCC1(N)CC1. The minimum absolute atomic E-state index is 0.250.